The lowest BCUT2D eigenvalue weighted by Crippen LogP contribution is -2.46. The number of fused-ring (bicyclic) bond motifs is 1. The van der Waals surface area contributed by atoms with Crippen molar-refractivity contribution in [3.8, 4) is 17.2 Å². The molecule has 11 heteroatoms. The summed E-state index contributed by atoms with van der Waals surface area (Å²) < 4.78 is 19.0. The molecule has 2 aromatic carbocycles. The second kappa shape index (κ2) is 13.0. The number of primary amides is 1. The van der Waals surface area contributed by atoms with Gasteiger partial charge in [-0.25, -0.2) is 9.78 Å². The summed E-state index contributed by atoms with van der Waals surface area (Å²) in [5.74, 6) is 1.73. The van der Waals surface area contributed by atoms with Crippen LogP contribution in [0, 0.1) is 6.92 Å². The van der Waals surface area contributed by atoms with E-state index < -0.39 is 6.03 Å². The summed E-state index contributed by atoms with van der Waals surface area (Å²) in [6.45, 7) is 7.60. The maximum Gasteiger partial charge on any atom is 0.323 e. The summed E-state index contributed by atoms with van der Waals surface area (Å²) >= 11 is 0. The van der Waals surface area contributed by atoms with E-state index in [1.54, 1.807) is 49.5 Å². The Morgan fingerprint density at radius 1 is 1.07 bits per heavy atom. The number of nitrogens with two attached hydrogens (primary N) is 1. The Morgan fingerprint density at radius 2 is 1.86 bits per heavy atom. The molecule has 11 nitrogen and oxygen atoms in total. The Morgan fingerprint density at radius 3 is 2.57 bits per heavy atom. The molecule has 0 saturated carbocycles. The number of nitrogens with zero attached hydrogens (tertiary/aromatic N) is 3. The fourth-order valence-electron chi connectivity index (χ4n) is 5.06. The molecule has 0 atom stereocenters. The van der Waals surface area contributed by atoms with Crippen LogP contribution in [0.4, 0.5) is 10.6 Å². The summed E-state index contributed by atoms with van der Waals surface area (Å²) in [5, 5.41) is 12.7. The molecule has 3 heterocycles. The molecule has 2 amide bonds. The highest BCUT2D eigenvalue weighted by Gasteiger charge is 2.27. The number of ether oxygens (including phenoxy) is 3. The van der Waals surface area contributed by atoms with E-state index in [1.165, 1.54) is 10.1 Å². The number of carbonyl (C=O) groups is 2. The minimum absolute atomic E-state index is 0.162. The number of benzene rings is 2. The highest BCUT2D eigenvalue weighted by atomic mass is 16.5. The zero-order valence-electron chi connectivity index (χ0n) is 23.7. The molecule has 220 valence electrons. The van der Waals surface area contributed by atoms with E-state index in [2.05, 4.69) is 15.2 Å². The zero-order chi connectivity index (χ0) is 29.6. The first-order valence-corrected chi connectivity index (χ1v) is 13.9. The molecule has 0 aliphatic carbocycles. The molecule has 42 heavy (non-hydrogen) atoms. The molecule has 1 aliphatic rings. The lowest BCUT2D eigenvalue weighted by molar-refractivity contribution is 0.102. The molecule has 0 bridgehead atoms. The number of aliphatic hydroxyl groups excluding tert-OH is 1. The number of aromatic nitrogens is 2. The van der Waals surface area contributed by atoms with E-state index in [0.29, 0.717) is 65.5 Å². The number of likely N-dealkylation sites (tertiary alicyclic amines) is 1. The van der Waals surface area contributed by atoms with Crippen molar-refractivity contribution in [2.45, 2.75) is 19.8 Å². The second-order valence-corrected chi connectivity index (χ2v) is 10.1. The predicted molar refractivity (Wildman–Crippen MR) is 159 cm³/mol. The predicted octanol–water partition coefficient (Wildman–Crippen LogP) is 4.12. The summed E-state index contributed by atoms with van der Waals surface area (Å²) in [6, 6.07) is 15.6. The molecule has 1 fully saturated rings. The van der Waals surface area contributed by atoms with Crippen LogP contribution in [0.25, 0.3) is 10.9 Å². The molecule has 1 saturated heterocycles. The van der Waals surface area contributed by atoms with Gasteiger partial charge in [0.2, 0.25) is 0 Å². The SMILES string of the molecule is CCOCCOc1cc2c(cc1Oc1ccnc(NC(=O)c3ccc(C4CN(CCO)C4)cc3)c1)cc(C)n2C(N)=O. The van der Waals surface area contributed by atoms with Gasteiger partial charge in [-0.15, -0.1) is 0 Å². The first-order chi connectivity index (χ1) is 20.4. The quantitative estimate of drug-likeness (QED) is 0.215. The third-order valence-electron chi connectivity index (χ3n) is 7.18. The highest BCUT2D eigenvalue weighted by Crippen LogP contribution is 2.37. The van der Waals surface area contributed by atoms with Crippen LogP contribution < -0.4 is 20.5 Å². The minimum atomic E-state index is -0.590. The topological polar surface area (TPSA) is 141 Å². The van der Waals surface area contributed by atoms with E-state index in [9.17, 15) is 9.59 Å². The van der Waals surface area contributed by atoms with Gasteiger partial charge in [-0.05, 0) is 49.7 Å². The van der Waals surface area contributed by atoms with Gasteiger partial charge in [0.05, 0.1) is 18.7 Å². The van der Waals surface area contributed by atoms with Gasteiger partial charge in [0.15, 0.2) is 11.5 Å². The van der Waals surface area contributed by atoms with Crippen molar-refractivity contribution in [3.05, 3.63) is 77.6 Å². The number of aryl methyl sites for hydroxylation is 1. The van der Waals surface area contributed by atoms with Crippen LogP contribution in [0.2, 0.25) is 0 Å². The fourth-order valence-corrected chi connectivity index (χ4v) is 5.06. The number of nitrogens with one attached hydrogen (secondary N) is 1. The van der Waals surface area contributed by atoms with Gasteiger partial charge in [-0.1, -0.05) is 12.1 Å². The fraction of sp³-hybridized carbons (Fsp3) is 0.323. The lowest BCUT2D eigenvalue weighted by atomic mass is 9.91. The van der Waals surface area contributed by atoms with Gasteiger partial charge in [-0.2, -0.15) is 0 Å². The van der Waals surface area contributed by atoms with E-state index in [4.69, 9.17) is 25.1 Å². The maximum atomic E-state index is 12.9. The van der Waals surface area contributed by atoms with Gasteiger partial charge >= 0.3 is 6.03 Å². The number of β-amino-alcohol motifs (C(OH)–C–C–N with tert-alkyl or cyclic N) is 1. The van der Waals surface area contributed by atoms with Crippen molar-refractivity contribution < 1.29 is 28.9 Å². The van der Waals surface area contributed by atoms with Gasteiger partial charge in [-0.3, -0.25) is 14.3 Å². The number of carbonyl (C=O) groups excluding carboxylic acids is 2. The molecule has 4 aromatic rings. The minimum Gasteiger partial charge on any atom is -0.487 e. The van der Waals surface area contributed by atoms with E-state index in [1.807, 2.05) is 25.1 Å². The van der Waals surface area contributed by atoms with Crippen molar-refractivity contribution in [2.75, 3.05) is 51.4 Å². The van der Waals surface area contributed by atoms with Crippen LogP contribution in [0.3, 0.4) is 0 Å². The Kier molecular flexibility index (Phi) is 9.01. The van der Waals surface area contributed by atoms with Crippen molar-refractivity contribution in [1.82, 2.24) is 14.5 Å². The van der Waals surface area contributed by atoms with Crippen molar-refractivity contribution in [1.29, 1.82) is 0 Å². The molecule has 1 aliphatic heterocycles. The Hall–Kier alpha value is -4.45. The molecule has 0 radical (unpaired) electrons. The molecule has 0 unspecified atom stereocenters. The molecule has 4 N–H and O–H groups in total. The number of hydrogen-bond donors (Lipinski definition) is 3. The maximum absolute atomic E-state index is 12.9. The molecule has 5 rings (SSSR count). The van der Waals surface area contributed by atoms with Gasteiger partial charge in [0.1, 0.15) is 18.2 Å². The average Bonchev–Trinajstić information content (AvgIpc) is 3.27. The van der Waals surface area contributed by atoms with Crippen molar-refractivity contribution in [2.24, 2.45) is 5.73 Å². The second-order valence-electron chi connectivity index (χ2n) is 10.1. The van der Waals surface area contributed by atoms with Crippen LogP contribution in [0.15, 0.2) is 60.8 Å². The molecular formula is C31H35N5O6. The molecule has 0 spiro atoms. The monoisotopic (exact) mass is 573 g/mol. The van der Waals surface area contributed by atoms with Crippen LogP contribution in [-0.4, -0.2) is 77.6 Å². The number of amides is 2. The van der Waals surface area contributed by atoms with Crippen LogP contribution in [0.1, 0.15) is 34.5 Å². The van der Waals surface area contributed by atoms with E-state index in [-0.39, 0.29) is 19.1 Å². The number of anilines is 1. The lowest BCUT2D eigenvalue weighted by Gasteiger charge is -2.39. The highest BCUT2D eigenvalue weighted by molar-refractivity contribution is 6.03. The smallest absolute Gasteiger partial charge is 0.323 e. The Balaban J connectivity index is 1.30. The van der Waals surface area contributed by atoms with Crippen molar-refractivity contribution in [3.63, 3.8) is 0 Å². The van der Waals surface area contributed by atoms with Crippen LogP contribution in [0.5, 0.6) is 17.2 Å². The normalized spacial score (nSPS) is 13.6. The summed E-state index contributed by atoms with van der Waals surface area (Å²) in [6.07, 6.45) is 1.55. The standard InChI is InChI=1S/C31H35N5O6/c1-3-40-12-13-41-27-17-26-23(14-20(2)36(26)31(32)39)15-28(27)42-25-8-9-33-29(16-25)34-30(38)22-6-4-21(5-7-22)24-18-35(19-24)10-11-37/h4-9,14-17,24,37H,3,10-13,18-19H2,1-2H3,(H2,32,39)(H,33,34,38). The first kappa shape index (κ1) is 29.1. The third kappa shape index (κ3) is 6.54. The third-order valence-corrected chi connectivity index (χ3v) is 7.18. The van der Waals surface area contributed by atoms with E-state index >= 15 is 0 Å². The summed E-state index contributed by atoms with van der Waals surface area (Å²) in [5.41, 5.74) is 8.58. The zero-order valence-corrected chi connectivity index (χ0v) is 23.7. The number of rotatable bonds is 12. The van der Waals surface area contributed by atoms with Crippen LogP contribution in [-0.2, 0) is 4.74 Å². The van der Waals surface area contributed by atoms with Crippen LogP contribution >= 0.6 is 0 Å². The number of pyridine rings is 1. The van der Waals surface area contributed by atoms with Gasteiger partial charge in [0, 0.05) is 67.1 Å². The van der Waals surface area contributed by atoms with Gasteiger partial charge in [0.25, 0.3) is 5.91 Å². The summed E-state index contributed by atoms with van der Waals surface area (Å²) in [4.78, 5) is 31.5. The summed E-state index contributed by atoms with van der Waals surface area (Å²) in [7, 11) is 0. The van der Waals surface area contributed by atoms with Crippen molar-refractivity contribution >= 4 is 28.7 Å². The number of hydrogen-bond acceptors (Lipinski definition) is 8. The molecule has 2 aromatic heterocycles. The molecular weight excluding hydrogens is 538 g/mol. The average molecular weight is 574 g/mol. The largest absolute Gasteiger partial charge is 0.487 e. The van der Waals surface area contributed by atoms with Gasteiger partial charge < -0.3 is 30.4 Å². The van der Waals surface area contributed by atoms with E-state index in [0.717, 1.165) is 18.5 Å². The first-order valence-electron chi connectivity index (χ1n) is 13.9. The Labute approximate surface area is 243 Å². The Bertz CT molecular complexity index is 1560. The number of aliphatic hydroxyl groups is 1.